The van der Waals surface area contributed by atoms with Crippen molar-refractivity contribution in [3.8, 4) is 0 Å². The molecule has 1 aromatic heterocycles. The summed E-state index contributed by atoms with van der Waals surface area (Å²) in [7, 11) is 0. The normalized spacial score (nSPS) is 22.6. The Balaban J connectivity index is 2.21. The number of nitrogens with zero attached hydrogens (tertiary/aromatic N) is 2. The molecule has 1 saturated heterocycles. The van der Waals surface area contributed by atoms with Crippen LogP contribution in [0.3, 0.4) is 0 Å². The molecule has 0 bridgehead atoms. The van der Waals surface area contributed by atoms with Crippen LogP contribution < -0.4 is 0 Å². The van der Waals surface area contributed by atoms with E-state index in [1.807, 2.05) is 6.92 Å². The van der Waals surface area contributed by atoms with Gasteiger partial charge in [-0.1, -0.05) is 6.92 Å². The van der Waals surface area contributed by atoms with E-state index in [4.69, 9.17) is 0 Å². The first-order valence-electron chi connectivity index (χ1n) is 6.63. The molecular formula is C14H17BrN2O3. The van der Waals surface area contributed by atoms with E-state index in [-0.39, 0.29) is 12.5 Å². The van der Waals surface area contributed by atoms with Crippen LogP contribution in [0.1, 0.15) is 36.5 Å². The van der Waals surface area contributed by atoms with Crippen LogP contribution in [0, 0.1) is 5.41 Å². The molecule has 0 radical (unpaired) electrons. The predicted octanol–water partition coefficient (Wildman–Crippen LogP) is 2.56. The predicted molar refractivity (Wildman–Crippen MR) is 77.4 cm³/mol. The second kappa shape index (κ2) is 5.91. The molecule has 0 aliphatic carbocycles. The fourth-order valence-corrected chi connectivity index (χ4v) is 3.00. The number of rotatable bonds is 3. The topological polar surface area (TPSA) is 70.5 Å². The Morgan fingerprint density at radius 1 is 1.55 bits per heavy atom. The Bertz CT molecular complexity index is 535. The van der Waals surface area contributed by atoms with Crippen LogP contribution in [0.5, 0.6) is 0 Å². The van der Waals surface area contributed by atoms with Crippen molar-refractivity contribution < 1.29 is 14.7 Å². The highest BCUT2D eigenvalue weighted by Crippen LogP contribution is 2.34. The summed E-state index contributed by atoms with van der Waals surface area (Å²) in [4.78, 5) is 29.6. The largest absolute Gasteiger partial charge is 0.481 e. The zero-order chi connectivity index (χ0) is 14.8. The average molecular weight is 341 g/mol. The summed E-state index contributed by atoms with van der Waals surface area (Å²) in [5, 5.41) is 9.45. The molecule has 1 aliphatic rings. The van der Waals surface area contributed by atoms with Gasteiger partial charge in [0.2, 0.25) is 0 Å². The Hall–Kier alpha value is -1.43. The van der Waals surface area contributed by atoms with Crippen molar-refractivity contribution in [3.63, 3.8) is 0 Å². The van der Waals surface area contributed by atoms with Gasteiger partial charge in [0, 0.05) is 24.8 Å². The highest BCUT2D eigenvalue weighted by atomic mass is 79.9. The van der Waals surface area contributed by atoms with Gasteiger partial charge in [-0.25, -0.2) is 4.98 Å². The number of carboxylic acids is 1. The number of carboxylic acid groups (broad SMARTS) is 1. The summed E-state index contributed by atoms with van der Waals surface area (Å²) < 4.78 is 0.598. The smallest absolute Gasteiger partial charge is 0.311 e. The van der Waals surface area contributed by atoms with E-state index in [9.17, 15) is 14.7 Å². The molecule has 0 saturated carbocycles. The van der Waals surface area contributed by atoms with Gasteiger partial charge in [-0.2, -0.15) is 0 Å². The first-order valence-corrected chi connectivity index (χ1v) is 7.42. The minimum atomic E-state index is -0.812. The lowest BCUT2D eigenvalue weighted by molar-refractivity contribution is -0.152. The zero-order valence-electron chi connectivity index (χ0n) is 11.3. The van der Waals surface area contributed by atoms with E-state index < -0.39 is 11.4 Å². The highest BCUT2D eigenvalue weighted by Gasteiger charge is 2.42. The van der Waals surface area contributed by atoms with Crippen molar-refractivity contribution in [2.75, 3.05) is 13.1 Å². The lowest BCUT2D eigenvalue weighted by atomic mass is 9.77. The Kier molecular flexibility index (Phi) is 4.42. The third-order valence-electron chi connectivity index (χ3n) is 3.97. The van der Waals surface area contributed by atoms with Crippen LogP contribution in [-0.4, -0.2) is 40.0 Å². The van der Waals surface area contributed by atoms with Gasteiger partial charge in [-0.3, -0.25) is 9.59 Å². The lowest BCUT2D eigenvalue weighted by Gasteiger charge is -2.39. The molecule has 2 heterocycles. The molecule has 5 nitrogen and oxygen atoms in total. The summed E-state index contributed by atoms with van der Waals surface area (Å²) in [6.07, 6.45) is 3.44. The van der Waals surface area contributed by atoms with Crippen molar-refractivity contribution in [2.24, 2.45) is 5.41 Å². The first kappa shape index (κ1) is 15.0. The van der Waals surface area contributed by atoms with Gasteiger partial charge < -0.3 is 10.0 Å². The number of hydrogen-bond donors (Lipinski definition) is 1. The number of aliphatic carboxylic acids is 1. The molecule has 1 aromatic rings. The van der Waals surface area contributed by atoms with Crippen LogP contribution in [0.2, 0.25) is 0 Å². The summed E-state index contributed by atoms with van der Waals surface area (Å²) in [6.45, 7) is 2.75. The SMILES string of the molecule is CCC1(C(=O)O)CCCN(C(=O)c2ccnc(Br)c2)C1. The number of piperidine rings is 1. The third-order valence-corrected chi connectivity index (χ3v) is 4.40. The van der Waals surface area contributed by atoms with E-state index in [0.717, 1.165) is 6.42 Å². The summed E-state index contributed by atoms with van der Waals surface area (Å²) in [5.41, 5.74) is -0.276. The second-order valence-electron chi connectivity index (χ2n) is 5.14. The summed E-state index contributed by atoms with van der Waals surface area (Å²) >= 11 is 3.24. The zero-order valence-corrected chi connectivity index (χ0v) is 12.9. The third kappa shape index (κ3) is 2.85. The van der Waals surface area contributed by atoms with E-state index in [1.54, 1.807) is 23.2 Å². The molecule has 0 aromatic carbocycles. The molecule has 20 heavy (non-hydrogen) atoms. The molecule has 1 fully saturated rings. The number of pyridine rings is 1. The number of hydrogen-bond acceptors (Lipinski definition) is 3. The molecule has 1 N–H and O–H groups in total. The highest BCUT2D eigenvalue weighted by molar-refractivity contribution is 9.10. The van der Waals surface area contributed by atoms with Crippen LogP contribution in [0.25, 0.3) is 0 Å². The number of carbonyl (C=O) groups excluding carboxylic acids is 1. The second-order valence-corrected chi connectivity index (χ2v) is 5.95. The Labute approximate surface area is 126 Å². The van der Waals surface area contributed by atoms with Crippen molar-refractivity contribution in [2.45, 2.75) is 26.2 Å². The summed E-state index contributed by atoms with van der Waals surface area (Å²) in [6, 6.07) is 3.31. The van der Waals surface area contributed by atoms with Crippen molar-refractivity contribution in [1.82, 2.24) is 9.88 Å². The van der Waals surface area contributed by atoms with Crippen LogP contribution in [-0.2, 0) is 4.79 Å². The molecule has 6 heteroatoms. The van der Waals surface area contributed by atoms with Gasteiger partial charge in [0.25, 0.3) is 5.91 Å². The van der Waals surface area contributed by atoms with Gasteiger partial charge in [-0.05, 0) is 47.3 Å². The van der Waals surface area contributed by atoms with E-state index >= 15 is 0 Å². The maximum Gasteiger partial charge on any atom is 0.311 e. The van der Waals surface area contributed by atoms with Crippen molar-refractivity contribution in [3.05, 3.63) is 28.5 Å². The Morgan fingerprint density at radius 2 is 2.30 bits per heavy atom. The van der Waals surface area contributed by atoms with E-state index in [0.29, 0.717) is 29.6 Å². The fourth-order valence-electron chi connectivity index (χ4n) is 2.64. The molecule has 108 valence electrons. The summed E-state index contributed by atoms with van der Waals surface area (Å²) in [5.74, 6) is -0.944. The average Bonchev–Trinajstić information content (AvgIpc) is 2.46. The molecular weight excluding hydrogens is 324 g/mol. The number of carbonyl (C=O) groups is 2. The van der Waals surface area contributed by atoms with Crippen LogP contribution >= 0.6 is 15.9 Å². The van der Waals surface area contributed by atoms with Crippen LogP contribution in [0.15, 0.2) is 22.9 Å². The molecule has 1 atom stereocenters. The van der Waals surface area contributed by atoms with Gasteiger partial charge in [0.05, 0.1) is 5.41 Å². The minimum absolute atomic E-state index is 0.133. The quantitative estimate of drug-likeness (QED) is 0.858. The maximum atomic E-state index is 12.5. The van der Waals surface area contributed by atoms with Gasteiger partial charge >= 0.3 is 5.97 Å². The first-order chi connectivity index (χ1) is 9.48. The van der Waals surface area contributed by atoms with Crippen LogP contribution in [0.4, 0.5) is 0 Å². The molecule has 2 rings (SSSR count). The van der Waals surface area contributed by atoms with Gasteiger partial charge in [0.15, 0.2) is 0 Å². The van der Waals surface area contributed by atoms with Gasteiger partial charge in [-0.15, -0.1) is 0 Å². The maximum absolute atomic E-state index is 12.5. The minimum Gasteiger partial charge on any atom is -0.481 e. The lowest BCUT2D eigenvalue weighted by Crippen LogP contribution is -2.49. The molecule has 0 spiro atoms. The number of halogens is 1. The molecule has 1 amide bonds. The fraction of sp³-hybridized carbons (Fsp3) is 0.500. The number of aromatic nitrogens is 1. The van der Waals surface area contributed by atoms with E-state index in [1.165, 1.54) is 0 Å². The van der Waals surface area contributed by atoms with Gasteiger partial charge in [0.1, 0.15) is 4.60 Å². The van der Waals surface area contributed by atoms with Crippen molar-refractivity contribution >= 4 is 27.8 Å². The Morgan fingerprint density at radius 3 is 2.90 bits per heavy atom. The molecule has 1 aliphatic heterocycles. The number of amides is 1. The number of likely N-dealkylation sites (tertiary alicyclic amines) is 1. The van der Waals surface area contributed by atoms with Crippen molar-refractivity contribution in [1.29, 1.82) is 0 Å². The molecule has 1 unspecified atom stereocenters. The monoisotopic (exact) mass is 340 g/mol. The standard InChI is InChI=1S/C14H17BrN2O3/c1-2-14(13(19)20)5-3-7-17(9-14)12(18)10-4-6-16-11(15)8-10/h4,6,8H,2-3,5,7,9H2,1H3,(H,19,20). The van der Waals surface area contributed by atoms with E-state index in [2.05, 4.69) is 20.9 Å².